The maximum Gasteiger partial charge on any atom is 0.266 e. The summed E-state index contributed by atoms with van der Waals surface area (Å²) in [5, 5.41) is 12.3. The zero-order valence-corrected chi connectivity index (χ0v) is 16.7. The van der Waals surface area contributed by atoms with Gasteiger partial charge in [0.2, 0.25) is 0 Å². The topological polar surface area (TPSA) is 78.5 Å². The van der Waals surface area contributed by atoms with E-state index in [1.54, 1.807) is 59.5 Å². The molecule has 30 heavy (non-hydrogen) atoms. The van der Waals surface area contributed by atoms with E-state index in [9.17, 15) is 14.4 Å². The fraction of sp³-hybridized carbons (Fsp3) is 0.0909. The van der Waals surface area contributed by atoms with Crippen LogP contribution >= 0.6 is 12.6 Å². The van der Waals surface area contributed by atoms with Gasteiger partial charge in [-0.05, 0) is 36.4 Å². The van der Waals surface area contributed by atoms with E-state index in [0.29, 0.717) is 28.5 Å². The number of benzene rings is 2. The number of carbonyl (C=O) groups excluding carboxylic acids is 1. The molecule has 0 bridgehead atoms. The van der Waals surface area contributed by atoms with Crippen molar-refractivity contribution in [2.75, 3.05) is 12.0 Å². The van der Waals surface area contributed by atoms with Crippen LogP contribution in [-0.2, 0) is 4.79 Å². The summed E-state index contributed by atoms with van der Waals surface area (Å²) in [5.41, 5.74) is 0.738. The van der Waals surface area contributed by atoms with E-state index in [0.717, 1.165) is 0 Å². The number of rotatable bonds is 4. The highest BCUT2D eigenvalue weighted by Gasteiger charge is 2.37. The number of halogens is 1. The molecule has 2 heterocycles. The number of ether oxygens (including phenoxy) is 1. The summed E-state index contributed by atoms with van der Waals surface area (Å²) >= 11 is 4.46. The van der Waals surface area contributed by atoms with Crippen LogP contribution in [0, 0.1) is 17.1 Å². The lowest BCUT2D eigenvalue weighted by Gasteiger charge is -2.37. The molecular weight excluding hydrogens is 405 g/mol. The highest BCUT2D eigenvalue weighted by molar-refractivity contribution is 7.84. The Hall–Kier alpha value is -3.70. The molecule has 2 aromatic carbocycles. The van der Waals surface area contributed by atoms with Gasteiger partial charge in [0.15, 0.2) is 6.17 Å². The number of para-hydroxylation sites is 2. The minimum absolute atomic E-state index is 0.138. The number of carbonyl (C=O) groups is 1. The van der Waals surface area contributed by atoms with E-state index in [-0.39, 0.29) is 10.6 Å². The normalized spacial score (nSPS) is 16.3. The number of amides is 1. The molecule has 4 rings (SSSR count). The number of nitrogens with one attached hydrogen (secondary N) is 1. The molecule has 1 amide bonds. The SMILES string of the molecule is COc1ccccc1N1C(S)=C(C#N)C(=O)NC1c1ccc(-c2ccccc2F)o1. The van der Waals surface area contributed by atoms with Crippen molar-refractivity contribution in [3.05, 3.63) is 82.8 Å². The van der Waals surface area contributed by atoms with Crippen LogP contribution in [0.1, 0.15) is 11.9 Å². The molecule has 1 N–H and O–H groups in total. The summed E-state index contributed by atoms with van der Waals surface area (Å²) in [4.78, 5) is 14.1. The van der Waals surface area contributed by atoms with Crippen LogP contribution in [0.5, 0.6) is 5.75 Å². The zero-order chi connectivity index (χ0) is 21.3. The standard InChI is InChI=1S/C22H16FN3O3S/c1-28-18-9-5-4-8-16(18)26-20(25-21(27)14(12-24)22(26)30)19-11-10-17(29-19)13-6-2-3-7-15(13)23/h2-11,20,30H,1H3,(H,25,27). The maximum atomic E-state index is 14.2. The van der Waals surface area contributed by atoms with Crippen LogP contribution in [-0.4, -0.2) is 13.0 Å². The largest absolute Gasteiger partial charge is 0.495 e. The van der Waals surface area contributed by atoms with Gasteiger partial charge in [-0.2, -0.15) is 5.26 Å². The third-order valence-electron chi connectivity index (χ3n) is 4.70. The van der Waals surface area contributed by atoms with Crippen LogP contribution < -0.4 is 15.0 Å². The Morgan fingerprint density at radius 3 is 2.63 bits per heavy atom. The van der Waals surface area contributed by atoms with Gasteiger partial charge in [-0.25, -0.2) is 4.39 Å². The van der Waals surface area contributed by atoms with E-state index >= 15 is 0 Å². The van der Waals surface area contributed by atoms with E-state index in [1.165, 1.54) is 13.2 Å². The molecule has 1 atom stereocenters. The number of anilines is 1. The molecular formula is C22H16FN3O3S. The Labute approximate surface area is 177 Å². The number of nitrogens with zero attached hydrogens (tertiary/aromatic N) is 2. The predicted molar refractivity (Wildman–Crippen MR) is 112 cm³/mol. The number of hydrogen-bond donors (Lipinski definition) is 2. The first-order chi connectivity index (χ1) is 14.5. The molecule has 1 unspecified atom stereocenters. The molecule has 3 aromatic rings. The molecule has 0 aliphatic carbocycles. The van der Waals surface area contributed by atoms with Crippen LogP contribution in [0.15, 0.2) is 75.7 Å². The molecule has 1 aromatic heterocycles. The quantitative estimate of drug-likeness (QED) is 0.611. The van der Waals surface area contributed by atoms with Crippen LogP contribution in [0.2, 0.25) is 0 Å². The Bertz CT molecular complexity index is 1200. The van der Waals surface area contributed by atoms with Gasteiger partial charge >= 0.3 is 0 Å². The van der Waals surface area contributed by atoms with Gasteiger partial charge < -0.3 is 19.4 Å². The van der Waals surface area contributed by atoms with Crippen molar-refractivity contribution in [1.82, 2.24) is 5.32 Å². The van der Waals surface area contributed by atoms with Gasteiger partial charge in [0.25, 0.3) is 5.91 Å². The molecule has 0 radical (unpaired) electrons. The van der Waals surface area contributed by atoms with Gasteiger partial charge in [0.05, 0.1) is 23.4 Å². The molecule has 1 aliphatic rings. The first-order valence-electron chi connectivity index (χ1n) is 8.96. The number of thiol groups is 1. The number of nitriles is 1. The third-order valence-corrected chi connectivity index (χ3v) is 5.14. The van der Waals surface area contributed by atoms with E-state index in [1.807, 2.05) is 6.07 Å². The van der Waals surface area contributed by atoms with Crippen molar-refractivity contribution in [3.8, 4) is 23.1 Å². The van der Waals surface area contributed by atoms with Crippen LogP contribution in [0.25, 0.3) is 11.3 Å². The lowest BCUT2D eigenvalue weighted by atomic mass is 10.1. The minimum atomic E-state index is -0.820. The number of furan rings is 1. The fourth-order valence-corrected chi connectivity index (χ4v) is 3.67. The first kappa shape index (κ1) is 19.6. The Balaban J connectivity index is 1.84. The second kappa shape index (κ2) is 7.97. The Morgan fingerprint density at radius 2 is 1.90 bits per heavy atom. The molecule has 1 aliphatic heterocycles. The van der Waals surface area contributed by atoms with Gasteiger partial charge in [-0.1, -0.05) is 24.3 Å². The molecule has 0 saturated heterocycles. The monoisotopic (exact) mass is 421 g/mol. The van der Waals surface area contributed by atoms with Crippen molar-refractivity contribution in [2.24, 2.45) is 0 Å². The summed E-state index contributed by atoms with van der Waals surface area (Å²) in [6.45, 7) is 0. The highest BCUT2D eigenvalue weighted by atomic mass is 32.1. The lowest BCUT2D eigenvalue weighted by Crippen LogP contribution is -2.46. The zero-order valence-electron chi connectivity index (χ0n) is 15.8. The van der Waals surface area contributed by atoms with Crippen LogP contribution in [0.3, 0.4) is 0 Å². The van der Waals surface area contributed by atoms with Crippen molar-refractivity contribution >= 4 is 24.2 Å². The Morgan fingerprint density at radius 1 is 1.17 bits per heavy atom. The summed E-state index contributed by atoms with van der Waals surface area (Å²) < 4.78 is 25.5. The molecule has 150 valence electrons. The van der Waals surface area contributed by atoms with Crippen molar-refractivity contribution < 1.29 is 18.3 Å². The summed E-state index contributed by atoms with van der Waals surface area (Å²) in [7, 11) is 1.52. The molecule has 0 spiro atoms. The summed E-state index contributed by atoms with van der Waals surface area (Å²) in [6.07, 6.45) is -0.820. The minimum Gasteiger partial charge on any atom is -0.495 e. The van der Waals surface area contributed by atoms with E-state index < -0.39 is 17.9 Å². The Kier molecular flexibility index (Phi) is 5.21. The highest BCUT2D eigenvalue weighted by Crippen LogP contribution is 2.41. The van der Waals surface area contributed by atoms with E-state index in [2.05, 4.69) is 17.9 Å². The van der Waals surface area contributed by atoms with Crippen molar-refractivity contribution in [3.63, 3.8) is 0 Å². The van der Waals surface area contributed by atoms with Gasteiger partial charge in [0, 0.05) is 0 Å². The van der Waals surface area contributed by atoms with Crippen LogP contribution in [0.4, 0.5) is 10.1 Å². The summed E-state index contributed by atoms with van der Waals surface area (Å²) in [5.74, 6) is 0.171. The van der Waals surface area contributed by atoms with Gasteiger partial charge in [-0.15, -0.1) is 12.6 Å². The smallest absolute Gasteiger partial charge is 0.266 e. The lowest BCUT2D eigenvalue weighted by molar-refractivity contribution is -0.118. The molecule has 6 nitrogen and oxygen atoms in total. The number of methoxy groups -OCH3 is 1. The fourth-order valence-electron chi connectivity index (χ4n) is 3.29. The second-order valence-electron chi connectivity index (χ2n) is 6.41. The maximum absolute atomic E-state index is 14.2. The average Bonchev–Trinajstić information content (AvgIpc) is 3.24. The van der Waals surface area contributed by atoms with Crippen molar-refractivity contribution in [1.29, 1.82) is 5.26 Å². The summed E-state index contributed by atoms with van der Waals surface area (Å²) in [6, 6.07) is 18.5. The van der Waals surface area contributed by atoms with E-state index in [4.69, 9.17) is 9.15 Å². The molecule has 8 heteroatoms. The molecule has 0 fully saturated rings. The predicted octanol–water partition coefficient (Wildman–Crippen LogP) is 4.39. The second-order valence-corrected chi connectivity index (χ2v) is 6.83. The number of hydrogen-bond acceptors (Lipinski definition) is 6. The first-order valence-corrected chi connectivity index (χ1v) is 9.41. The molecule has 0 saturated carbocycles. The third kappa shape index (κ3) is 3.29. The van der Waals surface area contributed by atoms with Gasteiger partial charge in [0.1, 0.15) is 34.7 Å². The average molecular weight is 421 g/mol. The van der Waals surface area contributed by atoms with Gasteiger partial charge in [-0.3, -0.25) is 4.79 Å². The van der Waals surface area contributed by atoms with Crippen molar-refractivity contribution in [2.45, 2.75) is 6.17 Å².